The highest BCUT2D eigenvalue weighted by molar-refractivity contribution is 6.11. The van der Waals surface area contributed by atoms with Crippen LogP contribution in [0.5, 0.6) is 5.75 Å². The predicted octanol–water partition coefficient (Wildman–Crippen LogP) is 6.69. The molecule has 0 spiro atoms. The molecule has 1 fully saturated rings. The number of pyridine rings is 1. The number of anilines is 2. The SMILES string of the molecule is CN(C)Cc1nc(Nc2ccc(-c3cnc4cnccn34)c3c2C(=O)N(C(=O)OC(C)(C)C)C3)ccc1OCC1CCC(F)(F)CC1. The van der Waals surface area contributed by atoms with Crippen molar-refractivity contribution in [3.8, 4) is 17.0 Å². The van der Waals surface area contributed by atoms with Crippen LogP contribution in [0.15, 0.2) is 49.1 Å². The summed E-state index contributed by atoms with van der Waals surface area (Å²) in [4.78, 5) is 43.6. The van der Waals surface area contributed by atoms with Gasteiger partial charge in [0.15, 0.2) is 5.65 Å². The average Bonchev–Trinajstić information content (AvgIpc) is 3.58. The van der Waals surface area contributed by atoms with Crippen molar-refractivity contribution in [1.82, 2.24) is 29.2 Å². The van der Waals surface area contributed by atoms with E-state index >= 15 is 0 Å². The Labute approximate surface area is 271 Å². The fourth-order valence-corrected chi connectivity index (χ4v) is 5.99. The van der Waals surface area contributed by atoms with Gasteiger partial charge in [0.05, 0.1) is 48.2 Å². The minimum Gasteiger partial charge on any atom is -0.491 e. The molecule has 0 unspecified atom stereocenters. The number of benzene rings is 1. The van der Waals surface area contributed by atoms with E-state index in [9.17, 15) is 18.4 Å². The van der Waals surface area contributed by atoms with Crippen LogP contribution >= 0.6 is 0 Å². The predicted molar refractivity (Wildman–Crippen MR) is 172 cm³/mol. The lowest BCUT2D eigenvalue weighted by Crippen LogP contribution is -2.37. The molecule has 11 nitrogen and oxygen atoms in total. The van der Waals surface area contributed by atoms with Gasteiger partial charge in [-0.05, 0) is 77.4 Å². The molecule has 6 rings (SSSR count). The van der Waals surface area contributed by atoms with Crippen molar-refractivity contribution in [1.29, 1.82) is 0 Å². The van der Waals surface area contributed by atoms with E-state index in [-0.39, 0.29) is 25.3 Å². The zero-order valence-corrected chi connectivity index (χ0v) is 27.2. The number of hydrogen-bond acceptors (Lipinski definition) is 9. The molecule has 2 amide bonds. The topological polar surface area (TPSA) is 114 Å². The van der Waals surface area contributed by atoms with Crippen molar-refractivity contribution < 1.29 is 27.8 Å². The van der Waals surface area contributed by atoms with E-state index in [0.29, 0.717) is 65.7 Å². The molecule has 0 radical (unpaired) electrons. The van der Waals surface area contributed by atoms with Gasteiger partial charge in [-0.15, -0.1) is 0 Å². The number of imidazole rings is 1. The maximum atomic E-state index is 13.9. The first-order chi connectivity index (χ1) is 22.3. The van der Waals surface area contributed by atoms with Gasteiger partial charge in [0.25, 0.3) is 5.91 Å². The highest BCUT2D eigenvalue weighted by atomic mass is 19.3. The molecule has 2 aliphatic rings. The maximum absolute atomic E-state index is 13.9. The first-order valence-electron chi connectivity index (χ1n) is 15.7. The van der Waals surface area contributed by atoms with Crippen molar-refractivity contribution in [2.45, 2.75) is 71.1 Å². The summed E-state index contributed by atoms with van der Waals surface area (Å²) in [5, 5.41) is 3.31. The normalized spacial score (nSPS) is 16.5. The second kappa shape index (κ2) is 12.5. The Balaban J connectivity index is 1.32. The molecule has 47 heavy (non-hydrogen) atoms. The maximum Gasteiger partial charge on any atom is 0.417 e. The monoisotopic (exact) mass is 647 g/mol. The molecular formula is C34H39F2N7O4. The number of aromatic nitrogens is 4. The molecular weight excluding hydrogens is 608 g/mol. The van der Waals surface area contributed by atoms with Gasteiger partial charge in [0.2, 0.25) is 5.92 Å². The third-order valence-corrected chi connectivity index (χ3v) is 8.27. The van der Waals surface area contributed by atoms with Crippen LogP contribution in [0.25, 0.3) is 16.9 Å². The van der Waals surface area contributed by atoms with Crippen LogP contribution in [0, 0.1) is 5.92 Å². The smallest absolute Gasteiger partial charge is 0.417 e. The number of carbonyl (C=O) groups is 2. The number of imide groups is 1. The molecule has 1 aliphatic carbocycles. The fraction of sp³-hybridized carbons (Fsp3) is 0.441. The number of nitrogens with one attached hydrogen (secondary N) is 1. The van der Waals surface area contributed by atoms with E-state index in [2.05, 4.69) is 15.3 Å². The molecule has 4 heterocycles. The van der Waals surface area contributed by atoms with Crippen LogP contribution in [-0.2, 0) is 17.8 Å². The lowest BCUT2D eigenvalue weighted by atomic mass is 9.87. The second-order valence-electron chi connectivity index (χ2n) is 13.4. The van der Waals surface area contributed by atoms with Gasteiger partial charge in [-0.3, -0.25) is 14.2 Å². The minimum absolute atomic E-state index is 0.0193. The van der Waals surface area contributed by atoms with E-state index in [1.165, 1.54) is 0 Å². The summed E-state index contributed by atoms with van der Waals surface area (Å²) in [7, 11) is 3.83. The number of ether oxygens (including phenoxy) is 2. The van der Waals surface area contributed by atoms with Gasteiger partial charge in [-0.2, -0.15) is 0 Å². The molecule has 13 heteroatoms. The summed E-state index contributed by atoms with van der Waals surface area (Å²) in [5.74, 6) is -1.96. The zero-order valence-electron chi connectivity index (χ0n) is 27.2. The lowest BCUT2D eigenvalue weighted by molar-refractivity contribution is -0.0499. The van der Waals surface area contributed by atoms with Gasteiger partial charge >= 0.3 is 6.09 Å². The Morgan fingerprint density at radius 1 is 1.13 bits per heavy atom. The van der Waals surface area contributed by atoms with Crippen LogP contribution in [-0.4, -0.2) is 73.4 Å². The molecule has 4 aromatic rings. The average molecular weight is 648 g/mol. The van der Waals surface area contributed by atoms with Crippen LogP contribution in [0.4, 0.5) is 25.1 Å². The molecule has 1 N–H and O–H groups in total. The van der Waals surface area contributed by atoms with E-state index in [0.717, 1.165) is 16.2 Å². The number of fused-ring (bicyclic) bond motifs is 2. The third kappa shape index (κ3) is 7.04. The first-order valence-corrected chi connectivity index (χ1v) is 15.7. The van der Waals surface area contributed by atoms with E-state index in [1.54, 1.807) is 57.7 Å². The van der Waals surface area contributed by atoms with Gasteiger partial charge < -0.3 is 19.7 Å². The van der Waals surface area contributed by atoms with Gasteiger partial charge in [-0.1, -0.05) is 6.07 Å². The molecule has 1 aromatic carbocycles. The summed E-state index contributed by atoms with van der Waals surface area (Å²) < 4.78 is 40.9. The van der Waals surface area contributed by atoms with Crippen molar-refractivity contribution in [2.75, 3.05) is 26.0 Å². The van der Waals surface area contributed by atoms with Crippen LogP contribution in [0.2, 0.25) is 0 Å². The molecule has 0 saturated heterocycles. The summed E-state index contributed by atoms with van der Waals surface area (Å²) >= 11 is 0. The minimum atomic E-state index is -2.59. The second-order valence-corrected chi connectivity index (χ2v) is 13.4. The van der Waals surface area contributed by atoms with Crippen molar-refractivity contribution in [2.24, 2.45) is 5.92 Å². The van der Waals surface area contributed by atoms with E-state index in [1.807, 2.05) is 35.5 Å². The summed E-state index contributed by atoms with van der Waals surface area (Å²) in [6, 6.07) is 7.25. The number of amides is 2. The largest absolute Gasteiger partial charge is 0.491 e. The van der Waals surface area contributed by atoms with Crippen LogP contribution in [0.3, 0.4) is 0 Å². The summed E-state index contributed by atoms with van der Waals surface area (Å²) in [6.07, 6.45) is 6.69. The molecule has 3 aromatic heterocycles. The highest BCUT2D eigenvalue weighted by Gasteiger charge is 2.39. The quantitative estimate of drug-likeness (QED) is 0.223. The van der Waals surface area contributed by atoms with E-state index < -0.39 is 23.5 Å². The Hall–Kier alpha value is -4.65. The van der Waals surface area contributed by atoms with E-state index in [4.69, 9.17) is 14.5 Å². The van der Waals surface area contributed by atoms with Crippen LogP contribution < -0.4 is 10.1 Å². The summed E-state index contributed by atoms with van der Waals surface area (Å²) in [5.41, 5.74) is 3.48. The molecule has 1 saturated carbocycles. The third-order valence-electron chi connectivity index (χ3n) is 8.27. The van der Waals surface area contributed by atoms with Crippen LogP contribution in [0.1, 0.15) is 68.1 Å². The fourth-order valence-electron chi connectivity index (χ4n) is 5.99. The number of hydrogen-bond donors (Lipinski definition) is 1. The highest BCUT2D eigenvalue weighted by Crippen LogP contribution is 2.40. The first kappa shape index (κ1) is 32.3. The number of halogens is 2. The number of carbonyl (C=O) groups excluding carboxylic acids is 2. The number of nitrogens with zero attached hydrogens (tertiary/aromatic N) is 6. The Morgan fingerprint density at radius 2 is 1.89 bits per heavy atom. The van der Waals surface area contributed by atoms with Gasteiger partial charge in [0, 0.05) is 37.3 Å². The standard InChI is InChI=1S/C34H39F2N7O4/c1-33(2,3)47-32(45)43-18-23-22(26-16-38-29-17-37-14-15-42(26)29)6-7-24(30(23)31(43)44)39-28-9-8-27(25(40-28)19-41(4)5)46-20-21-10-12-34(35,36)13-11-21/h6-9,14-17,21H,10-13,18-20H2,1-5H3,(H,39,40). The zero-order chi connectivity index (χ0) is 33.5. The summed E-state index contributed by atoms with van der Waals surface area (Å²) in [6.45, 7) is 6.09. The Morgan fingerprint density at radius 3 is 2.62 bits per heavy atom. The van der Waals surface area contributed by atoms with Crippen molar-refractivity contribution in [3.63, 3.8) is 0 Å². The molecule has 0 atom stereocenters. The van der Waals surface area contributed by atoms with Crippen molar-refractivity contribution >= 4 is 29.2 Å². The Bertz CT molecular complexity index is 1810. The van der Waals surface area contributed by atoms with Gasteiger partial charge in [0.1, 0.15) is 17.2 Å². The Kier molecular flexibility index (Phi) is 8.60. The van der Waals surface area contributed by atoms with Gasteiger partial charge in [-0.25, -0.2) is 28.4 Å². The number of alkyl halides is 2. The number of rotatable bonds is 8. The molecule has 248 valence electrons. The van der Waals surface area contributed by atoms with Crippen molar-refractivity contribution in [3.05, 3.63) is 65.9 Å². The lowest BCUT2D eigenvalue weighted by Gasteiger charge is -2.28. The molecule has 1 aliphatic heterocycles. The molecule has 0 bridgehead atoms.